The van der Waals surface area contributed by atoms with Crippen molar-refractivity contribution >= 4 is 44.3 Å². The molecule has 0 saturated heterocycles. The molecule has 0 heterocycles. The average molecular weight is 543 g/mol. The van der Waals surface area contributed by atoms with Gasteiger partial charge in [-0.05, 0) is 0 Å². The van der Waals surface area contributed by atoms with Crippen LogP contribution in [0, 0.1) is 0 Å². The Morgan fingerprint density at radius 2 is 1.29 bits per heavy atom. The van der Waals surface area contributed by atoms with E-state index in [4.69, 9.17) is 0 Å². The molecule has 158 valence electrons. The minimum Gasteiger partial charge on any atom is -0.147 e. The number of hydrogen-bond acceptors (Lipinski definition) is 0. The van der Waals surface area contributed by atoms with E-state index in [1.54, 1.807) is 9.82 Å². The van der Waals surface area contributed by atoms with E-state index in [9.17, 15) is 0 Å². The van der Waals surface area contributed by atoms with Crippen LogP contribution in [0.25, 0.3) is 6.08 Å². The zero-order chi connectivity index (χ0) is 19.9. The topological polar surface area (TPSA) is 0 Å². The molecule has 0 amide bonds. The summed E-state index contributed by atoms with van der Waals surface area (Å²) in [5, 5.41) is 0. The Morgan fingerprint density at radius 3 is 1.84 bits per heavy atom. The van der Waals surface area contributed by atoms with Crippen molar-refractivity contribution in [2.45, 2.75) is 17.0 Å². The van der Waals surface area contributed by atoms with Gasteiger partial charge in [-0.25, -0.2) is 0 Å². The second kappa shape index (κ2) is 9.20. The first kappa shape index (κ1) is 24.2. The van der Waals surface area contributed by atoms with Crippen LogP contribution in [0.1, 0.15) is 28.1 Å². The Bertz CT molecular complexity index is 1200. The van der Waals surface area contributed by atoms with Gasteiger partial charge in [0.2, 0.25) is 0 Å². The number of benzene rings is 3. The number of allylic oxidation sites excluding steroid dienone is 5. The summed E-state index contributed by atoms with van der Waals surface area (Å²) in [6.45, 7) is 4.72. The number of rotatable bonds is 4. The van der Waals surface area contributed by atoms with Gasteiger partial charge in [0.1, 0.15) is 0 Å². The molecule has 0 N–H and O–H groups in total. The second-order valence-electron chi connectivity index (χ2n) is 8.51. The number of hydrogen-bond donors (Lipinski definition) is 0. The Labute approximate surface area is 200 Å². The van der Waals surface area contributed by atoms with Crippen molar-refractivity contribution in [3.63, 3.8) is 0 Å². The zero-order valence-electron chi connectivity index (χ0n) is 17.7. The largest absolute Gasteiger partial charge is 0.147 e. The molecule has 3 aromatic carbocycles. The van der Waals surface area contributed by atoms with Crippen LogP contribution in [-0.4, -0.2) is 6.88 Å². The van der Waals surface area contributed by atoms with Crippen molar-refractivity contribution in [1.29, 1.82) is 0 Å². The summed E-state index contributed by atoms with van der Waals surface area (Å²) in [4.78, 5) is 0. The quantitative estimate of drug-likeness (QED) is 0.370. The first-order chi connectivity index (χ1) is 14.1. The predicted octanol–water partition coefficient (Wildman–Crippen LogP) is 5.72. The zero-order valence-corrected chi connectivity index (χ0v) is 23.2. The molecule has 5 rings (SSSR count). The fourth-order valence-corrected chi connectivity index (χ4v) is 30.6. The van der Waals surface area contributed by atoms with Gasteiger partial charge in [-0.1, -0.05) is 0 Å². The summed E-state index contributed by atoms with van der Waals surface area (Å²) in [5.41, 5.74) is 4.38. The van der Waals surface area contributed by atoms with Gasteiger partial charge < -0.3 is 0 Å². The Morgan fingerprint density at radius 1 is 0.742 bits per heavy atom. The summed E-state index contributed by atoms with van der Waals surface area (Å²) in [6, 6.07) is 32.0. The predicted molar refractivity (Wildman–Crippen MR) is 140 cm³/mol. The van der Waals surface area contributed by atoms with E-state index in [1.165, 1.54) is 16.7 Å². The molecule has 0 bridgehead atoms. The molecule has 0 radical (unpaired) electrons. The molecule has 0 spiro atoms. The van der Waals surface area contributed by atoms with Crippen molar-refractivity contribution in [2.24, 2.45) is 0 Å². The van der Waals surface area contributed by atoms with Gasteiger partial charge in [-0.15, -0.1) is 24.8 Å². The molecular formula is C27H28Cl2SiZr. The van der Waals surface area contributed by atoms with Gasteiger partial charge in [0.25, 0.3) is 0 Å². The SMILES string of the molecule is CC1=[C]([Zr](=[SiH2])([c]2ccccc2)([c]2ccccc2)[CH]2C=Cc3ccccc32)CC=C1.Cl.Cl. The Kier molecular flexibility index (Phi) is 7.18. The van der Waals surface area contributed by atoms with Crippen LogP contribution in [0.3, 0.4) is 0 Å². The molecule has 1 atom stereocenters. The van der Waals surface area contributed by atoms with Gasteiger partial charge >= 0.3 is 177 Å². The van der Waals surface area contributed by atoms with Crippen LogP contribution in [0.5, 0.6) is 0 Å². The van der Waals surface area contributed by atoms with Crippen LogP contribution < -0.4 is 6.54 Å². The molecule has 0 aliphatic heterocycles. The van der Waals surface area contributed by atoms with E-state index >= 15 is 0 Å². The molecule has 0 fully saturated rings. The van der Waals surface area contributed by atoms with E-state index in [0.29, 0.717) is 3.63 Å². The molecule has 31 heavy (non-hydrogen) atoms. The van der Waals surface area contributed by atoms with Gasteiger partial charge in [0.05, 0.1) is 0 Å². The monoisotopic (exact) mass is 540 g/mol. The first-order valence-corrected chi connectivity index (χ1v) is 21.4. The molecule has 2 aliphatic carbocycles. The van der Waals surface area contributed by atoms with E-state index in [2.05, 4.69) is 123 Å². The third-order valence-electron chi connectivity index (χ3n) is 7.21. The standard InChI is InChI=1S/C9H7.C6H7.2C6H5.2ClH.H2Si.Zr/c1-2-5-9-7-3-6-8(9)4-1;1-6-4-2-3-5-6;2*1-2-4-6-5-3-1;;;;/h1-7H;2,4H,3H2,1H3;2*1-5H;2*1H;1H2;. The summed E-state index contributed by atoms with van der Waals surface area (Å²) in [7, 11) is 0. The number of halogens is 2. The fourth-order valence-electron chi connectivity index (χ4n) is 5.80. The molecule has 0 saturated carbocycles. The summed E-state index contributed by atoms with van der Waals surface area (Å²) in [6.07, 6.45) is 10.7. The van der Waals surface area contributed by atoms with Gasteiger partial charge in [-0.3, -0.25) is 0 Å². The maximum Gasteiger partial charge on any atom is -0.147 e. The minimum atomic E-state index is -4.01. The number of fused-ring (bicyclic) bond motifs is 1. The van der Waals surface area contributed by atoms with E-state index in [-0.39, 0.29) is 24.8 Å². The first-order valence-electron chi connectivity index (χ1n) is 10.4. The maximum absolute atomic E-state index is 4.01. The van der Waals surface area contributed by atoms with Crippen LogP contribution in [0.2, 0.25) is 0 Å². The molecular weight excluding hydrogens is 515 g/mol. The Balaban J connectivity index is 0.00000136. The summed E-state index contributed by atoms with van der Waals surface area (Å²) < 4.78 is 5.31. The molecule has 3 aromatic rings. The molecule has 2 aliphatic rings. The van der Waals surface area contributed by atoms with Gasteiger partial charge in [-0.2, -0.15) is 0 Å². The van der Waals surface area contributed by atoms with Crippen LogP contribution in [0.4, 0.5) is 0 Å². The maximum atomic E-state index is 2.53. The van der Waals surface area contributed by atoms with Crippen LogP contribution in [0.15, 0.2) is 112 Å². The molecule has 0 aromatic heterocycles. The van der Waals surface area contributed by atoms with Crippen LogP contribution >= 0.6 is 24.8 Å². The third kappa shape index (κ3) is 3.44. The second-order valence-corrected chi connectivity index (χ2v) is 30.6. The smallest absolute Gasteiger partial charge is 0.147 e. The molecule has 1 unspecified atom stereocenters. The van der Waals surface area contributed by atoms with E-state index < -0.39 is 17.4 Å². The normalized spacial score (nSPS) is 17.2. The van der Waals surface area contributed by atoms with Crippen molar-refractivity contribution < 1.29 is 17.4 Å². The summed E-state index contributed by atoms with van der Waals surface area (Å²) >= 11 is -4.01. The van der Waals surface area contributed by atoms with Crippen molar-refractivity contribution in [2.75, 3.05) is 0 Å². The van der Waals surface area contributed by atoms with E-state index in [1.807, 2.05) is 0 Å². The third-order valence-corrected chi connectivity index (χ3v) is 34.8. The molecule has 0 nitrogen and oxygen atoms in total. The van der Waals surface area contributed by atoms with Crippen molar-refractivity contribution in [3.05, 3.63) is 123 Å². The fraction of sp³-hybridized carbons (Fsp3) is 0.111. The van der Waals surface area contributed by atoms with E-state index in [0.717, 1.165) is 6.42 Å². The molecule has 4 heteroatoms. The van der Waals surface area contributed by atoms with Crippen molar-refractivity contribution in [1.82, 2.24) is 0 Å². The average Bonchev–Trinajstić information content (AvgIpc) is 3.42. The van der Waals surface area contributed by atoms with Crippen LogP contribution in [-0.2, 0) is 17.4 Å². The minimum absolute atomic E-state index is 0. The van der Waals surface area contributed by atoms with Gasteiger partial charge in [0, 0.05) is 0 Å². The Hall–Kier alpha value is -1.44. The summed E-state index contributed by atoms with van der Waals surface area (Å²) in [5.74, 6) is 0. The van der Waals surface area contributed by atoms with Crippen molar-refractivity contribution in [3.8, 4) is 0 Å². The van der Waals surface area contributed by atoms with Gasteiger partial charge in [0.15, 0.2) is 0 Å².